The number of anilines is 1. The molecule has 1 atom stereocenters. The van der Waals surface area contributed by atoms with E-state index in [9.17, 15) is 14.4 Å². The van der Waals surface area contributed by atoms with Crippen LogP contribution in [0.2, 0.25) is 0 Å². The van der Waals surface area contributed by atoms with Gasteiger partial charge in [0.2, 0.25) is 5.91 Å². The standard InChI is InChI=1S/C27H34N4O4/c1-35-23-15-13-19(14-16-23)24(25(32)29-20-8-3-2-4-9-20)31(22-12-7-17-28-18-22)27(34)26(33)30-21-10-5-6-11-21/h7,12-18,20-21,24H,2-6,8-11H2,1H3,(H,29,32)(H,30,33)/t24-/m0/s1. The van der Waals surface area contributed by atoms with Gasteiger partial charge in [-0.3, -0.25) is 24.3 Å². The Morgan fingerprint density at radius 1 is 0.914 bits per heavy atom. The lowest BCUT2D eigenvalue weighted by atomic mass is 9.94. The van der Waals surface area contributed by atoms with E-state index in [1.165, 1.54) is 11.1 Å². The smallest absolute Gasteiger partial charge is 0.317 e. The van der Waals surface area contributed by atoms with E-state index in [0.29, 0.717) is 17.0 Å². The van der Waals surface area contributed by atoms with E-state index < -0.39 is 17.9 Å². The van der Waals surface area contributed by atoms with Gasteiger partial charge in [0.05, 0.1) is 19.0 Å². The van der Waals surface area contributed by atoms with Gasteiger partial charge in [0.25, 0.3) is 0 Å². The van der Waals surface area contributed by atoms with E-state index in [2.05, 4.69) is 15.6 Å². The van der Waals surface area contributed by atoms with E-state index in [0.717, 1.165) is 57.8 Å². The maximum absolute atomic E-state index is 13.8. The molecule has 0 aliphatic heterocycles. The first-order chi connectivity index (χ1) is 17.1. The molecule has 35 heavy (non-hydrogen) atoms. The van der Waals surface area contributed by atoms with E-state index in [4.69, 9.17) is 4.74 Å². The fourth-order valence-electron chi connectivity index (χ4n) is 5.04. The summed E-state index contributed by atoms with van der Waals surface area (Å²) in [5.74, 6) is -1.15. The van der Waals surface area contributed by atoms with Crippen LogP contribution >= 0.6 is 0 Å². The number of hydrogen-bond donors (Lipinski definition) is 2. The third kappa shape index (κ3) is 6.18. The molecule has 3 amide bonds. The molecule has 0 saturated heterocycles. The third-order valence-electron chi connectivity index (χ3n) is 6.92. The maximum atomic E-state index is 13.8. The van der Waals surface area contributed by atoms with Crippen molar-refractivity contribution in [3.05, 3.63) is 54.4 Å². The Morgan fingerprint density at radius 3 is 2.14 bits per heavy atom. The fraction of sp³-hybridized carbons (Fsp3) is 0.481. The van der Waals surface area contributed by atoms with Crippen LogP contribution in [0.4, 0.5) is 5.69 Å². The molecule has 1 heterocycles. The van der Waals surface area contributed by atoms with Crippen molar-refractivity contribution in [2.45, 2.75) is 75.9 Å². The van der Waals surface area contributed by atoms with Crippen molar-refractivity contribution in [3.63, 3.8) is 0 Å². The van der Waals surface area contributed by atoms with Crippen LogP contribution in [0.3, 0.4) is 0 Å². The molecule has 0 radical (unpaired) electrons. The Morgan fingerprint density at radius 2 is 1.54 bits per heavy atom. The maximum Gasteiger partial charge on any atom is 0.317 e. The van der Waals surface area contributed by atoms with E-state index in [1.54, 1.807) is 49.7 Å². The first-order valence-corrected chi connectivity index (χ1v) is 12.5. The molecule has 2 fully saturated rings. The highest BCUT2D eigenvalue weighted by Crippen LogP contribution is 2.30. The van der Waals surface area contributed by atoms with Crippen LogP contribution < -0.4 is 20.3 Å². The molecule has 1 aromatic carbocycles. The lowest BCUT2D eigenvalue weighted by Gasteiger charge is -2.33. The second-order valence-electron chi connectivity index (χ2n) is 9.36. The number of rotatable bonds is 7. The number of carbonyl (C=O) groups is 3. The number of ether oxygens (including phenoxy) is 1. The molecule has 186 valence electrons. The average molecular weight is 479 g/mol. The SMILES string of the molecule is COc1ccc([C@@H](C(=O)NC2CCCCC2)N(C(=O)C(=O)NC2CCCC2)c2cccnc2)cc1. The van der Waals surface area contributed by atoms with Gasteiger partial charge >= 0.3 is 11.8 Å². The molecule has 0 unspecified atom stereocenters. The molecule has 8 nitrogen and oxygen atoms in total. The Kier molecular flexibility index (Phi) is 8.34. The van der Waals surface area contributed by atoms with Gasteiger partial charge in [-0.15, -0.1) is 0 Å². The molecule has 2 saturated carbocycles. The highest BCUT2D eigenvalue weighted by atomic mass is 16.5. The summed E-state index contributed by atoms with van der Waals surface area (Å²) in [5.41, 5.74) is 0.976. The fourth-order valence-corrected chi connectivity index (χ4v) is 5.04. The molecule has 2 N–H and O–H groups in total. The molecule has 2 aliphatic rings. The number of amides is 3. The number of carbonyl (C=O) groups excluding carboxylic acids is 3. The van der Waals surface area contributed by atoms with Gasteiger partial charge in [-0.1, -0.05) is 44.2 Å². The topological polar surface area (TPSA) is 101 Å². The highest BCUT2D eigenvalue weighted by Gasteiger charge is 2.37. The summed E-state index contributed by atoms with van der Waals surface area (Å²) in [6, 6.07) is 9.40. The average Bonchev–Trinajstić information content (AvgIpc) is 3.41. The zero-order valence-corrected chi connectivity index (χ0v) is 20.2. The van der Waals surface area contributed by atoms with Crippen LogP contribution in [0, 0.1) is 0 Å². The van der Waals surface area contributed by atoms with Crippen molar-refractivity contribution in [3.8, 4) is 5.75 Å². The molecule has 1 aromatic heterocycles. The molecular formula is C27H34N4O4. The van der Waals surface area contributed by atoms with Crippen molar-refractivity contribution in [2.75, 3.05) is 12.0 Å². The predicted molar refractivity (Wildman–Crippen MR) is 133 cm³/mol. The van der Waals surface area contributed by atoms with Gasteiger partial charge in [0.15, 0.2) is 0 Å². The van der Waals surface area contributed by atoms with Crippen molar-refractivity contribution in [2.24, 2.45) is 0 Å². The van der Waals surface area contributed by atoms with Gasteiger partial charge in [-0.25, -0.2) is 0 Å². The third-order valence-corrected chi connectivity index (χ3v) is 6.92. The molecule has 2 aromatic rings. The van der Waals surface area contributed by atoms with Crippen LogP contribution in [0.15, 0.2) is 48.8 Å². The molecule has 2 aliphatic carbocycles. The molecule has 0 bridgehead atoms. The minimum absolute atomic E-state index is 0.0160. The molecule has 4 rings (SSSR count). The number of nitrogens with one attached hydrogen (secondary N) is 2. The van der Waals surface area contributed by atoms with E-state index >= 15 is 0 Å². The van der Waals surface area contributed by atoms with E-state index in [1.807, 2.05) is 0 Å². The van der Waals surface area contributed by atoms with Crippen LogP contribution in [0.5, 0.6) is 5.75 Å². The van der Waals surface area contributed by atoms with Crippen LogP contribution in [0.1, 0.15) is 69.4 Å². The van der Waals surface area contributed by atoms with Gasteiger partial charge in [-0.05, 0) is 55.5 Å². The highest BCUT2D eigenvalue weighted by molar-refractivity contribution is 6.41. The number of methoxy groups -OCH3 is 1. The first-order valence-electron chi connectivity index (χ1n) is 12.5. The number of aromatic nitrogens is 1. The quantitative estimate of drug-likeness (QED) is 0.592. The second kappa shape index (κ2) is 11.8. The van der Waals surface area contributed by atoms with Crippen LogP contribution in [-0.4, -0.2) is 41.9 Å². The van der Waals surface area contributed by atoms with Gasteiger partial charge in [0.1, 0.15) is 11.8 Å². The minimum atomic E-state index is -1.03. The number of pyridine rings is 1. The van der Waals surface area contributed by atoms with Crippen molar-refractivity contribution in [1.82, 2.24) is 15.6 Å². The molecular weight excluding hydrogens is 444 g/mol. The van der Waals surface area contributed by atoms with Crippen molar-refractivity contribution < 1.29 is 19.1 Å². The van der Waals surface area contributed by atoms with Gasteiger partial charge in [-0.2, -0.15) is 0 Å². The summed E-state index contributed by atoms with van der Waals surface area (Å²) in [6.45, 7) is 0. The van der Waals surface area contributed by atoms with Crippen molar-refractivity contribution >= 4 is 23.4 Å². The lowest BCUT2D eigenvalue weighted by Crippen LogP contribution is -2.52. The number of nitrogens with zero attached hydrogens (tertiary/aromatic N) is 2. The van der Waals surface area contributed by atoms with Gasteiger partial charge < -0.3 is 15.4 Å². The number of hydrogen-bond acceptors (Lipinski definition) is 5. The summed E-state index contributed by atoms with van der Waals surface area (Å²) in [5, 5.41) is 6.02. The Hall–Kier alpha value is -3.42. The summed E-state index contributed by atoms with van der Waals surface area (Å²) in [7, 11) is 1.57. The molecule has 8 heteroatoms. The zero-order chi connectivity index (χ0) is 24.6. The first kappa shape index (κ1) is 24.7. The van der Waals surface area contributed by atoms with Gasteiger partial charge in [0, 0.05) is 18.3 Å². The van der Waals surface area contributed by atoms with E-state index in [-0.39, 0.29) is 18.0 Å². The lowest BCUT2D eigenvalue weighted by molar-refractivity contribution is -0.139. The summed E-state index contributed by atoms with van der Waals surface area (Å²) >= 11 is 0. The second-order valence-corrected chi connectivity index (χ2v) is 9.36. The normalized spacial score (nSPS) is 17.4. The summed E-state index contributed by atoms with van der Waals surface area (Å²) < 4.78 is 5.28. The largest absolute Gasteiger partial charge is 0.497 e. The van der Waals surface area contributed by atoms with Crippen LogP contribution in [-0.2, 0) is 14.4 Å². The number of benzene rings is 1. The monoisotopic (exact) mass is 478 g/mol. The zero-order valence-electron chi connectivity index (χ0n) is 20.2. The Balaban J connectivity index is 1.69. The predicted octanol–water partition coefficient (Wildman–Crippen LogP) is 3.67. The van der Waals surface area contributed by atoms with Crippen molar-refractivity contribution in [1.29, 1.82) is 0 Å². The summed E-state index contributed by atoms with van der Waals surface area (Å²) in [4.78, 5) is 45.9. The van der Waals surface area contributed by atoms with Crippen LogP contribution in [0.25, 0.3) is 0 Å². The Bertz CT molecular complexity index is 1000. The Labute approximate surface area is 206 Å². The summed E-state index contributed by atoms with van der Waals surface area (Å²) in [6.07, 6.45) is 12.0. The molecule has 0 spiro atoms. The minimum Gasteiger partial charge on any atom is -0.497 e.